The molecule has 1 fully saturated rings. The highest BCUT2D eigenvalue weighted by Gasteiger charge is 2.31. The monoisotopic (exact) mass is 325 g/mol. The maximum absolute atomic E-state index is 13.5. The molecule has 3 rings (SSSR count). The van der Waals surface area contributed by atoms with Gasteiger partial charge < -0.3 is 5.32 Å². The van der Waals surface area contributed by atoms with E-state index in [1.165, 1.54) is 43.9 Å². The molecule has 0 aromatic heterocycles. The number of nitrogens with one attached hydrogen (secondary N) is 1. The Morgan fingerprint density at radius 1 is 1.27 bits per heavy atom. The van der Waals surface area contributed by atoms with Crippen molar-refractivity contribution < 1.29 is 12.8 Å². The molecular formula is C17H24FNO2S. The summed E-state index contributed by atoms with van der Waals surface area (Å²) in [4.78, 5) is 0.301. The molecule has 1 aliphatic carbocycles. The predicted octanol–water partition coefficient (Wildman–Crippen LogP) is 3.46. The molecule has 3 nitrogen and oxygen atoms in total. The van der Waals surface area contributed by atoms with Crippen LogP contribution in [0.3, 0.4) is 0 Å². The van der Waals surface area contributed by atoms with Gasteiger partial charge in [0.25, 0.3) is 0 Å². The second kappa shape index (κ2) is 6.28. The highest BCUT2D eigenvalue weighted by atomic mass is 32.2. The standard InChI is InChI=1S/C17H24FNO2S/c1-12-3-2-4-13(9-12)11-19-16-7-8-22(20,21)17-6-5-14(18)10-15(16)17/h5-6,10,12-13,16,19H,2-4,7-9,11H2,1H3/t12-,13-,16+/m1/s1. The van der Waals surface area contributed by atoms with E-state index in [4.69, 9.17) is 0 Å². The second-order valence-electron chi connectivity index (χ2n) is 6.89. The van der Waals surface area contributed by atoms with Crippen LogP contribution in [0.4, 0.5) is 4.39 Å². The average molecular weight is 325 g/mol. The lowest BCUT2D eigenvalue weighted by Crippen LogP contribution is -2.34. The summed E-state index contributed by atoms with van der Waals surface area (Å²) in [6, 6.07) is 3.98. The molecule has 5 heteroatoms. The summed E-state index contributed by atoms with van der Waals surface area (Å²) in [6.07, 6.45) is 5.58. The molecule has 0 radical (unpaired) electrons. The molecule has 22 heavy (non-hydrogen) atoms. The number of fused-ring (bicyclic) bond motifs is 1. The molecule has 3 atom stereocenters. The van der Waals surface area contributed by atoms with Gasteiger partial charge in [0.2, 0.25) is 0 Å². The molecule has 0 unspecified atom stereocenters. The van der Waals surface area contributed by atoms with Crippen LogP contribution in [-0.4, -0.2) is 20.7 Å². The molecule has 1 heterocycles. The number of rotatable bonds is 3. The van der Waals surface area contributed by atoms with Gasteiger partial charge in [-0.15, -0.1) is 0 Å². The van der Waals surface area contributed by atoms with Crippen molar-refractivity contribution in [2.45, 2.75) is 50.0 Å². The molecule has 0 saturated heterocycles. The van der Waals surface area contributed by atoms with Crippen LogP contribution >= 0.6 is 0 Å². The normalized spacial score (nSPS) is 30.7. The molecule has 0 spiro atoms. The van der Waals surface area contributed by atoms with Crippen LogP contribution in [0.2, 0.25) is 0 Å². The molecule has 2 aliphatic rings. The number of hydrogen-bond donors (Lipinski definition) is 1. The third kappa shape index (κ3) is 3.35. The quantitative estimate of drug-likeness (QED) is 0.866. The van der Waals surface area contributed by atoms with Gasteiger partial charge in [-0.25, -0.2) is 12.8 Å². The summed E-state index contributed by atoms with van der Waals surface area (Å²) in [7, 11) is -3.25. The van der Waals surface area contributed by atoms with Crippen molar-refractivity contribution in [1.29, 1.82) is 0 Å². The Bertz CT molecular complexity index is 644. The molecular weight excluding hydrogens is 301 g/mol. The van der Waals surface area contributed by atoms with Gasteiger partial charge in [0.05, 0.1) is 10.6 Å². The highest BCUT2D eigenvalue weighted by molar-refractivity contribution is 7.91. The maximum Gasteiger partial charge on any atom is 0.178 e. The van der Waals surface area contributed by atoms with Crippen LogP contribution in [0.25, 0.3) is 0 Å². The lowest BCUT2D eigenvalue weighted by molar-refractivity contribution is 0.265. The maximum atomic E-state index is 13.5. The van der Waals surface area contributed by atoms with Gasteiger partial charge in [-0.3, -0.25) is 0 Å². The number of sulfone groups is 1. The minimum absolute atomic E-state index is 0.0496. The fourth-order valence-corrected chi connectivity index (χ4v) is 5.48. The third-order valence-corrected chi connectivity index (χ3v) is 6.87. The lowest BCUT2D eigenvalue weighted by atomic mass is 9.82. The summed E-state index contributed by atoms with van der Waals surface area (Å²) in [6.45, 7) is 3.19. The summed E-state index contributed by atoms with van der Waals surface area (Å²) in [5.41, 5.74) is 0.607. The topological polar surface area (TPSA) is 46.2 Å². The molecule has 0 amide bonds. The van der Waals surface area contributed by atoms with Gasteiger partial charge in [0, 0.05) is 6.04 Å². The number of benzene rings is 1. The Hall–Kier alpha value is -0.940. The smallest absolute Gasteiger partial charge is 0.178 e. The minimum atomic E-state index is -3.25. The first-order chi connectivity index (χ1) is 10.5. The van der Waals surface area contributed by atoms with Crippen molar-refractivity contribution in [1.82, 2.24) is 5.32 Å². The van der Waals surface area contributed by atoms with Gasteiger partial charge in [0.1, 0.15) is 5.82 Å². The predicted molar refractivity (Wildman–Crippen MR) is 84.9 cm³/mol. The van der Waals surface area contributed by atoms with E-state index in [1.54, 1.807) is 0 Å². The van der Waals surface area contributed by atoms with E-state index < -0.39 is 9.84 Å². The SMILES string of the molecule is C[C@@H]1CCC[C@@H](CN[C@H]2CCS(=O)(=O)c3ccc(F)cc32)C1. The van der Waals surface area contributed by atoms with E-state index in [9.17, 15) is 12.8 Å². The summed E-state index contributed by atoms with van der Waals surface area (Å²) in [5.74, 6) is 1.20. The fourth-order valence-electron chi connectivity index (χ4n) is 3.88. The first kappa shape index (κ1) is 15.9. The first-order valence-corrected chi connectivity index (χ1v) is 9.86. The molecule has 1 saturated carbocycles. The first-order valence-electron chi connectivity index (χ1n) is 8.21. The van der Waals surface area contributed by atoms with Crippen molar-refractivity contribution in [3.8, 4) is 0 Å². The van der Waals surface area contributed by atoms with Gasteiger partial charge in [-0.1, -0.05) is 19.8 Å². The van der Waals surface area contributed by atoms with E-state index in [0.717, 1.165) is 12.5 Å². The van der Waals surface area contributed by atoms with E-state index in [2.05, 4.69) is 12.2 Å². The van der Waals surface area contributed by atoms with Crippen LogP contribution in [0, 0.1) is 17.7 Å². The van der Waals surface area contributed by atoms with Crippen LogP contribution in [0.1, 0.15) is 50.6 Å². The van der Waals surface area contributed by atoms with Crippen molar-refractivity contribution in [2.24, 2.45) is 11.8 Å². The van der Waals surface area contributed by atoms with Crippen LogP contribution in [0.15, 0.2) is 23.1 Å². The van der Waals surface area contributed by atoms with Crippen molar-refractivity contribution >= 4 is 9.84 Å². The molecule has 1 N–H and O–H groups in total. The zero-order valence-corrected chi connectivity index (χ0v) is 13.8. The van der Waals surface area contributed by atoms with E-state index in [0.29, 0.717) is 22.8 Å². The average Bonchev–Trinajstić information content (AvgIpc) is 2.46. The molecule has 0 bridgehead atoms. The Labute approximate surface area is 132 Å². The molecule has 1 aliphatic heterocycles. The zero-order chi connectivity index (χ0) is 15.7. The Kier molecular flexibility index (Phi) is 4.55. The van der Waals surface area contributed by atoms with E-state index in [1.807, 2.05) is 0 Å². The van der Waals surface area contributed by atoms with Gasteiger partial charge in [-0.05, 0) is 61.4 Å². The Morgan fingerprint density at radius 3 is 2.86 bits per heavy atom. The number of hydrogen-bond acceptors (Lipinski definition) is 3. The summed E-state index contributed by atoms with van der Waals surface area (Å²) < 4.78 is 37.8. The highest BCUT2D eigenvalue weighted by Crippen LogP contribution is 2.34. The lowest BCUT2D eigenvalue weighted by Gasteiger charge is -2.31. The van der Waals surface area contributed by atoms with Gasteiger partial charge >= 0.3 is 0 Å². The zero-order valence-electron chi connectivity index (χ0n) is 13.0. The van der Waals surface area contributed by atoms with Crippen molar-refractivity contribution in [3.05, 3.63) is 29.6 Å². The second-order valence-corrected chi connectivity index (χ2v) is 8.97. The van der Waals surface area contributed by atoms with Crippen LogP contribution in [-0.2, 0) is 9.84 Å². The Balaban J connectivity index is 1.74. The molecule has 1 aromatic rings. The van der Waals surface area contributed by atoms with Crippen molar-refractivity contribution in [3.63, 3.8) is 0 Å². The Morgan fingerprint density at radius 2 is 2.09 bits per heavy atom. The number of halogens is 1. The van der Waals surface area contributed by atoms with Gasteiger partial charge in [0.15, 0.2) is 9.84 Å². The molecule has 1 aromatic carbocycles. The minimum Gasteiger partial charge on any atom is -0.310 e. The van der Waals surface area contributed by atoms with E-state index in [-0.39, 0.29) is 17.6 Å². The van der Waals surface area contributed by atoms with Crippen molar-refractivity contribution in [2.75, 3.05) is 12.3 Å². The summed E-state index contributed by atoms with van der Waals surface area (Å²) >= 11 is 0. The van der Waals surface area contributed by atoms with Crippen LogP contribution in [0.5, 0.6) is 0 Å². The van der Waals surface area contributed by atoms with E-state index >= 15 is 0 Å². The van der Waals surface area contributed by atoms with Gasteiger partial charge in [-0.2, -0.15) is 0 Å². The molecule has 122 valence electrons. The third-order valence-electron chi connectivity index (χ3n) is 5.06. The fraction of sp³-hybridized carbons (Fsp3) is 0.647. The van der Waals surface area contributed by atoms with Crippen LogP contribution < -0.4 is 5.32 Å². The summed E-state index contributed by atoms with van der Waals surface area (Å²) in [5, 5.41) is 3.50. The largest absolute Gasteiger partial charge is 0.310 e.